The first-order chi connectivity index (χ1) is 22.3. The van der Waals surface area contributed by atoms with Crippen molar-refractivity contribution in [2.75, 3.05) is 28.4 Å². The van der Waals surface area contributed by atoms with Gasteiger partial charge in [-0.15, -0.1) is 0 Å². The largest absolute Gasteiger partial charge is 0.507 e. The lowest BCUT2D eigenvalue weighted by Gasteiger charge is -2.14. The average Bonchev–Trinajstić information content (AvgIpc) is 3.03. The maximum atomic E-state index is 11.8. The van der Waals surface area contributed by atoms with Gasteiger partial charge in [0.25, 0.3) is 0 Å². The molecule has 0 bridgehead atoms. The Labute approximate surface area is 273 Å². The second-order valence-corrected chi connectivity index (χ2v) is 10.0. The number of rotatable bonds is 10. The van der Waals surface area contributed by atoms with E-state index in [0.717, 1.165) is 11.1 Å². The summed E-state index contributed by atoms with van der Waals surface area (Å²) in [5, 5.41) is 28.1. The maximum Gasteiger partial charge on any atom is 0.167 e. The normalized spacial score (nSPS) is 9.87. The number of ether oxygens (including phenoxy) is 5. The highest BCUT2D eigenvalue weighted by Crippen LogP contribution is 2.34. The Kier molecular flexibility index (Phi) is 14.1. The van der Waals surface area contributed by atoms with Crippen LogP contribution < -0.4 is 23.7 Å². The fraction of sp³-hybridized carbons (Fsp3) is 0.250. The zero-order valence-electron chi connectivity index (χ0n) is 27.7. The van der Waals surface area contributed by atoms with Gasteiger partial charge in [-0.1, -0.05) is 30.3 Å². The van der Waals surface area contributed by atoms with Crippen LogP contribution in [0.2, 0.25) is 0 Å². The quantitative estimate of drug-likeness (QED) is 0.157. The third kappa shape index (κ3) is 10.4. The Hall–Kier alpha value is -5.71. The van der Waals surface area contributed by atoms with Gasteiger partial charge in [0.15, 0.2) is 17.3 Å². The summed E-state index contributed by atoms with van der Waals surface area (Å²) >= 11 is 0. The summed E-state index contributed by atoms with van der Waals surface area (Å²) < 4.78 is 25.7. The molecule has 0 aliphatic heterocycles. The Balaban J connectivity index is 0.000000253. The van der Waals surface area contributed by atoms with E-state index in [9.17, 15) is 29.7 Å². The van der Waals surface area contributed by atoms with Crippen LogP contribution in [0.5, 0.6) is 46.0 Å². The van der Waals surface area contributed by atoms with E-state index in [-0.39, 0.29) is 39.9 Å². The van der Waals surface area contributed by atoms with Crippen molar-refractivity contribution in [2.45, 2.75) is 34.3 Å². The van der Waals surface area contributed by atoms with Crippen LogP contribution in [0.4, 0.5) is 0 Å². The van der Waals surface area contributed by atoms with Crippen LogP contribution in [0.3, 0.4) is 0 Å². The van der Waals surface area contributed by atoms with Crippen molar-refractivity contribution in [3.63, 3.8) is 0 Å². The molecule has 0 amide bonds. The summed E-state index contributed by atoms with van der Waals surface area (Å²) in [4.78, 5) is 33.9. The molecule has 0 aliphatic carbocycles. The van der Waals surface area contributed by atoms with Crippen LogP contribution in [0.25, 0.3) is 0 Å². The topological polar surface area (TPSA) is 158 Å². The van der Waals surface area contributed by atoms with Crippen molar-refractivity contribution >= 4 is 17.3 Å². The molecule has 0 aromatic heterocycles. The molecule has 0 unspecified atom stereocenters. The summed E-state index contributed by atoms with van der Waals surface area (Å²) in [6.07, 6.45) is 0. The number of Topliss-reactive ketones (excluding diaryl/α,β-unsaturated/α-hetero) is 3. The van der Waals surface area contributed by atoms with E-state index in [4.69, 9.17) is 23.7 Å². The highest BCUT2D eigenvalue weighted by atomic mass is 16.5. The van der Waals surface area contributed by atoms with E-state index >= 15 is 0 Å². The number of carbonyl (C=O) groups is 3. The van der Waals surface area contributed by atoms with E-state index in [0.29, 0.717) is 40.9 Å². The van der Waals surface area contributed by atoms with Crippen molar-refractivity contribution in [1.29, 1.82) is 0 Å². The maximum absolute atomic E-state index is 11.8. The molecule has 0 fully saturated rings. The molecular weight excluding hydrogens is 608 g/mol. The van der Waals surface area contributed by atoms with E-state index in [1.165, 1.54) is 53.4 Å². The second kappa shape index (κ2) is 17.7. The molecule has 3 N–H and O–H groups in total. The molecule has 0 radical (unpaired) electrons. The van der Waals surface area contributed by atoms with Gasteiger partial charge >= 0.3 is 0 Å². The highest BCUT2D eigenvalue weighted by molar-refractivity contribution is 6.00. The molecule has 11 heteroatoms. The third-order valence-corrected chi connectivity index (χ3v) is 6.62. The van der Waals surface area contributed by atoms with Gasteiger partial charge < -0.3 is 39.0 Å². The average molecular weight is 649 g/mol. The fourth-order valence-electron chi connectivity index (χ4n) is 4.42. The lowest BCUT2D eigenvalue weighted by Crippen LogP contribution is -2.04. The van der Waals surface area contributed by atoms with Gasteiger partial charge in [-0.05, 0) is 44.9 Å². The lowest BCUT2D eigenvalue weighted by atomic mass is 10.0. The summed E-state index contributed by atoms with van der Waals surface area (Å²) in [6.45, 7) is 6.48. The van der Waals surface area contributed by atoms with Crippen molar-refractivity contribution in [2.24, 2.45) is 0 Å². The first-order valence-electron chi connectivity index (χ1n) is 14.2. The number of carbonyl (C=O) groups excluding carboxylic acids is 3. The van der Waals surface area contributed by atoms with Crippen molar-refractivity contribution in [3.8, 4) is 46.0 Å². The number of hydrogen-bond acceptors (Lipinski definition) is 11. The Morgan fingerprint density at radius 2 is 0.979 bits per heavy atom. The summed E-state index contributed by atoms with van der Waals surface area (Å²) in [6, 6.07) is 18.9. The molecule has 0 aliphatic rings. The molecule has 11 nitrogen and oxygen atoms in total. The Bertz CT molecular complexity index is 1670. The Morgan fingerprint density at radius 1 is 0.553 bits per heavy atom. The molecule has 0 spiro atoms. The minimum Gasteiger partial charge on any atom is -0.507 e. The van der Waals surface area contributed by atoms with Crippen molar-refractivity contribution in [3.05, 3.63) is 94.5 Å². The summed E-state index contributed by atoms with van der Waals surface area (Å²) in [5.74, 6) is 1.00. The van der Waals surface area contributed by atoms with Crippen molar-refractivity contribution < 1.29 is 53.4 Å². The number of ketones is 3. The van der Waals surface area contributed by atoms with E-state index in [1.807, 2.05) is 43.3 Å². The molecule has 0 saturated carbocycles. The van der Waals surface area contributed by atoms with Crippen LogP contribution in [-0.4, -0.2) is 61.1 Å². The van der Waals surface area contributed by atoms with Gasteiger partial charge in [0.1, 0.15) is 63.7 Å². The van der Waals surface area contributed by atoms with E-state index < -0.39 is 5.78 Å². The number of phenols is 3. The number of aryl methyl sites for hydroxylation is 1. The van der Waals surface area contributed by atoms with Gasteiger partial charge in [0, 0.05) is 30.3 Å². The molecule has 4 aromatic rings. The summed E-state index contributed by atoms with van der Waals surface area (Å²) in [5.41, 5.74) is 2.62. The number of aromatic hydroxyl groups is 3. The molecular formula is C36H40O11. The Morgan fingerprint density at radius 3 is 1.43 bits per heavy atom. The first kappa shape index (κ1) is 37.5. The number of benzene rings is 4. The second-order valence-electron chi connectivity index (χ2n) is 10.0. The zero-order chi connectivity index (χ0) is 35.3. The van der Waals surface area contributed by atoms with Crippen LogP contribution in [0.15, 0.2) is 66.7 Å². The van der Waals surface area contributed by atoms with Crippen LogP contribution >= 0.6 is 0 Å². The SMILES string of the molecule is COc1cc(C)c(C(C)=O)c(OCc2ccccc2)c1.COc1cc(O)c(C(C)=O)c(O)c1.COc1cc(O)c(C(C)=O)c(OC)c1. The highest BCUT2D eigenvalue weighted by Gasteiger charge is 2.16. The van der Waals surface area contributed by atoms with Gasteiger partial charge in [-0.2, -0.15) is 0 Å². The molecule has 4 aromatic carbocycles. The number of methoxy groups -OCH3 is 4. The predicted molar refractivity (Wildman–Crippen MR) is 176 cm³/mol. The summed E-state index contributed by atoms with van der Waals surface area (Å²) in [7, 11) is 5.91. The van der Waals surface area contributed by atoms with Gasteiger partial charge in [0.2, 0.25) is 0 Å². The standard InChI is InChI=1S/C17H18O3.C10H12O4.C9H10O4/c1-12-9-15(19-3)10-16(17(12)13(2)18)20-11-14-7-5-4-6-8-14;1-6(11)10-8(12)4-7(13-2)5-9(10)14-3;1-5(10)9-7(11)3-6(13-2)4-8(9)12/h4-10H,11H2,1-3H3;4-5,12H,1-3H3;3-4,11-12H,1-2H3. The third-order valence-electron chi connectivity index (χ3n) is 6.62. The van der Waals surface area contributed by atoms with Crippen LogP contribution in [0, 0.1) is 6.92 Å². The molecule has 0 atom stereocenters. The van der Waals surface area contributed by atoms with Gasteiger partial charge in [-0.25, -0.2) is 0 Å². The minimum atomic E-state index is -0.391. The molecule has 0 heterocycles. The monoisotopic (exact) mass is 648 g/mol. The van der Waals surface area contributed by atoms with E-state index in [2.05, 4.69) is 0 Å². The van der Waals surface area contributed by atoms with Gasteiger partial charge in [-0.3, -0.25) is 14.4 Å². The molecule has 47 heavy (non-hydrogen) atoms. The smallest absolute Gasteiger partial charge is 0.167 e. The van der Waals surface area contributed by atoms with Gasteiger partial charge in [0.05, 0.1) is 34.0 Å². The minimum absolute atomic E-state index is 0.00628. The zero-order valence-corrected chi connectivity index (χ0v) is 27.7. The molecule has 250 valence electrons. The fourth-order valence-corrected chi connectivity index (χ4v) is 4.42. The number of hydrogen-bond donors (Lipinski definition) is 3. The first-order valence-corrected chi connectivity index (χ1v) is 14.2. The van der Waals surface area contributed by atoms with Crippen molar-refractivity contribution in [1.82, 2.24) is 0 Å². The van der Waals surface area contributed by atoms with Crippen LogP contribution in [0.1, 0.15) is 63.0 Å². The lowest BCUT2D eigenvalue weighted by molar-refractivity contribution is 0.0998. The van der Waals surface area contributed by atoms with E-state index in [1.54, 1.807) is 26.2 Å². The predicted octanol–water partition coefficient (Wildman–Crippen LogP) is 6.71. The molecule has 4 rings (SSSR count). The number of phenolic OH excluding ortho intramolecular Hbond substituents is 3. The molecule has 0 saturated heterocycles. The van der Waals surface area contributed by atoms with Crippen LogP contribution in [-0.2, 0) is 6.61 Å².